The molecule has 2 aliphatic carbocycles. The molecule has 2 aliphatic rings. The molecule has 34 heavy (non-hydrogen) atoms. The predicted octanol–water partition coefficient (Wildman–Crippen LogP) is 7.79. The smallest absolute Gasteiger partial charge is 0.334 e. The lowest BCUT2D eigenvalue weighted by atomic mass is 9.87. The molecule has 0 heterocycles. The molecule has 0 atom stereocenters. The molecular formula is C31H36O3. The molecular weight excluding hydrogens is 420 g/mol. The van der Waals surface area contributed by atoms with Crippen LogP contribution in [0.15, 0.2) is 48.0 Å². The maximum atomic E-state index is 14.2. The summed E-state index contributed by atoms with van der Waals surface area (Å²) >= 11 is 0. The van der Waals surface area contributed by atoms with E-state index < -0.39 is 5.97 Å². The molecule has 1 aromatic carbocycles. The molecule has 0 aromatic heterocycles. The van der Waals surface area contributed by atoms with E-state index in [1.165, 1.54) is 12.7 Å². The maximum absolute atomic E-state index is 14.2. The number of esters is 1. The Bertz CT molecular complexity index is 1260. The number of hydrogen-bond acceptors (Lipinski definition) is 3. The summed E-state index contributed by atoms with van der Waals surface area (Å²) < 4.78 is 5.06. The van der Waals surface area contributed by atoms with Crippen molar-refractivity contribution in [2.45, 2.75) is 67.2 Å². The van der Waals surface area contributed by atoms with Gasteiger partial charge in [0.25, 0.3) is 0 Å². The predicted molar refractivity (Wildman–Crippen MR) is 141 cm³/mol. The molecule has 178 valence electrons. The van der Waals surface area contributed by atoms with E-state index in [4.69, 9.17) is 4.74 Å². The summed E-state index contributed by atoms with van der Waals surface area (Å²) in [6.45, 7) is 16.3. The fourth-order valence-corrected chi connectivity index (χ4v) is 4.52. The van der Waals surface area contributed by atoms with E-state index in [0.29, 0.717) is 28.5 Å². The van der Waals surface area contributed by atoms with Crippen molar-refractivity contribution in [2.75, 3.05) is 7.11 Å². The molecule has 3 nitrogen and oxygen atoms in total. The Balaban J connectivity index is 2.36. The zero-order chi connectivity index (χ0) is 25.3. The number of hydrogen-bond donors (Lipinski definition) is 0. The first-order chi connectivity index (χ1) is 16.0. The van der Waals surface area contributed by atoms with Crippen LogP contribution in [0.2, 0.25) is 0 Å². The minimum absolute atomic E-state index is 0.148. The Morgan fingerprint density at radius 3 is 1.85 bits per heavy atom. The maximum Gasteiger partial charge on any atom is 0.334 e. The number of ether oxygens (including phenoxy) is 1. The van der Waals surface area contributed by atoms with E-state index >= 15 is 0 Å². The van der Waals surface area contributed by atoms with Crippen molar-refractivity contribution in [3.8, 4) is 11.1 Å². The molecule has 0 unspecified atom stereocenters. The van der Waals surface area contributed by atoms with Gasteiger partial charge in [0.05, 0.1) is 7.11 Å². The first-order valence-corrected chi connectivity index (χ1v) is 12.0. The van der Waals surface area contributed by atoms with E-state index in [-0.39, 0.29) is 5.78 Å². The Hall–Kier alpha value is -3.20. The third kappa shape index (κ3) is 4.70. The first kappa shape index (κ1) is 25.4. The quantitative estimate of drug-likeness (QED) is 0.216. The van der Waals surface area contributed by atoms with Crippen LogP contribution in [0.3, 0.4) is 0 Å². The van der Waals surface area contributed by atoms with Crippen LogP contribution < -0.4 is 0 Å². The normalized spacial score (nSPS) is 12.3. The number of rotatable bonds is 6. The van der Waals surface area contributed by atoms with Crippen LogP contribution in [0.1, 0.15) is 90.2 Å². The van der Waals surface area contributed by atoms with Gasteiger partial charge < -0.3 is 4.74 Å². The molecule has 3 heteroatoms. The molecule has 0 fully saturated rings. The standard InChI is InChI=1S/C31H36O3/c1-17(2)23-13-11-20(6)28-25(15-23)21(7)14-27(28)29(22(8)31(33)34-9)30(32)26-16-24(18(3)4)12-10-19(26)5/h10-18H,1-9H3/b29-22+. The van der Waals surface area contributed by atoms with Gasteiger partial charge in [0.15, 0.2) is 5.78 Å². The molecule has 0 saturated carbocycles. The van der Waals surface area contributed by atoms with Crippen LogP contribution in [0, 0.1) is 20.8 Å². The van der Waals surface area contributed by atoms with E-state index in [1.807, 2.05) is 25.1 Å². The van der Waals surface area contributed by atoms with Crippen molar-refractivity contribution in [1.82, 2.24) is 0 Å². The third-order valence-corrected chi connectivity index (χ3v) is 6.76. The van der Waals surface area contributed by atoms with Crippen molar-refractivity contribution in [1.29, 1.82) is 0 Å². The van der Waals surface area contributed by atoms with Crippen molar-refractivity contribution in [3.63, 3.8) is 0 Å². The molecule has 0 N–H and O–H groups in total. The van der Waals surface area contributed by atoms with E-state index in [2.05, 4.69) is 65.8 Å². The molecule has 0 aliphatic heterocycles. The Labute approximate surface area is 204 Å². The van der Waals surface area contributed by atoms with Crippen LogP contribution in [0.4, 0.5) is 0 Å². The summed E-state index contributed by atoms with van der Waals surface area (Å²) in [5, 5.41) is 0. The van der Waals surface area contributed by atoms with Crippen molar-refractivity contribution in [2.24, 2.45) is 0 Å². The van der Waals surface area contributed by atoms with Gasteiger partial charge in [-0.15, -0.1) is 0 Å². The minimum atomic E-state index is -0.492. The molecule has 0 saturated heterocycles. The number of Topliss-reactive ketones (excluding diaryl/α,β-unsaturated/α-hetero) is 1. The summed E-state index contributed by atoms with van der Waals surface area (Å²) in [4.78, 5) is 26.9. The number of carbonyl (C=O) groups excluding carboxylic acids is 2. The second kappa shape index (κ2) is 9.97. The lowest BCUT2D eigenvalue weighted by molar-refractivity contribution is -0.135. The molecule has 0 amide bonds. The lowest BCUT2D eigenvalue weighted by Crippen LogP contribution is -2.13. The van der Waals surface area contributed by atoms with Crippen LogP contribution in [0.5, 0.6) is 0 Å². The zero-order valence-corrected chi connectivity index (χ0v) is 21.9. The average molecular weight is 457 g/mol. The highest BCUT2D eigenvalue weighted by Gasteiger charge is 2.28. The second-order valence-corrected chi connectivity index (χ2v) is 9.89. The van der Waals surface area contributed by atoms with Gasteiger partial charge in [0, 0.05) is 16.7 Å². The van der Waals surface area contributed by atoms with Gasteiger partial charge in [0.1, 0.15) is 0 Å². The Morgan fingerprint density at radius 1 is 0.735 bits per heavy atom. The second-order valence-electron chi connectivity index (χ2n) is 9.89. The zero-order valence-electron chi connectivity index (χ0n) is 21.9. The fraction of sp³-hybridized carbons (Fsp3) is 0.355. The number of allylic oxidation sites excluding steroid dienone is 1. The Morgan fingerprint density at radius 2 is 1.29 bits per heavy atom. The van der Waals surface area contributed by atoms with Gasteiger partial charge in [-0.25, -0.2) is 4.79 Å². The van der Waals surface area contributed by atoms with Crippen molar-refractivity contribution < 1.29 is 14.3 Å². The summed E-state index contributed by atoms with van der Waals surface area (Å²) in [5.41, 5.74) is 9.64. The van der Waals surface area contributed by atoms with Gasteiger partial charge in [0.2, 0.25) is 0 Å². The summed E-state index contributed by atoms with van der Waals surface area (Å²) in [5.74, 6) is 0.0280. The number of methoxy groups -OCH3 is 1. The van der Waals surface area contributed by atoms with Gasteiger partial charge in [-0.3, -0.25) is 4.79 Å². The number of aryl methyl sites for hydroxylation is 3. The third-order valence-electron chi connectivity index (χ3n) is 6.76. The van der Waals surface area contributed by atoms with Crippen LogP contribution in [-0.2, 0) is 9.53 Å². The summed E-state index contributed by atoms with van der Waals surface area (Å²) in [6, 6.07) is 14.5. The van der Waals surface area contributed by atoms with Gasteiger partial charge >= 0.3 is 5.97 Å². The first-order valence-electron chi connectivity index (χ1n) is 12.0. The summed E-state index contributed by atoms with van der Waals surface area (Å²) in [7, 11) is 1.35. The Kier molecular flexibility index (Phi) is 7.45. The molecule has 0 radical (unpaired) electrons. The fourth-order valence-electron chi connectivity index (χ4n) is 4.52. The van der Waals surface area contributed by atoms with Gasteiger partial charge in [-0.2, -0.15) is 0 Å². The van der Waals surface area contributed by atoms with Gasteiger partial charge in [-0.1, -0.05) is 64.1 Å². The average Bonchev–Trinajstić information content (AvgIpc) is 2.98. The largest absolute Gasteiger partial charge is 0.466 e. The highest BCUT2D eigenvalue weighted by atomic mass is 16.5. The number of ketones is 1. The molecule has 1 aromatic rings. The van der Waals surface area contributed by atoms with Gasteiger partial charge in [-0.05, 0) is 90.1 Å². The number of benzene rings is 1. The molecule has 0 bridgehead atoms. The van der Waals surface area contributed by atoms with E-state index in [1.54, 1.807) is 6.92 Å². The van der Waals surface area contributed by atoms with Crippen LogP contribution in [-0.4, -0.2) is 18.9 Å². The van der Waals surface area contributed by atoms with E-state index in [9.17, 15) is 9.59 Å². The minimum Gasteiger partial charge on any atom is -0.466 e. The number of carbonyl (C=O) groups is 2. The van der Waals surface area contributed by atoms with Crippen molar-refractivity contribution in [3.05, 3.63) is 87.0 Å². The summed E-state index contributed by atoms with van der Waals surface area (Å²) in [6.07, 6.45) is 0. The molecule has 0 spiro atoms. The van der Waals surface area contributed by atoms with E-state index in [0.717, 1.165) is 38.9 Å². The van der Waals surface area contributed by atoms with Crippen LogP contribution >= 0.6 is 0 Å². The number of fused-ring (bicyclic) bond motifs is 1. The highest BCUT2D eigenvalue weighted by Crippen LogP contribution is 2.41. The SMILES string of the molecule is COC(=O)/C(C)=C(/C(=O)c1cc(C(C)C)ccc1C)c1cc(C)c2cc(C(C)C)ccc(C)c1-2. The topological polar surface area (TPSA) is 43.4 Å². The molecule has 3 rings (SSSR count). The monoisotopic (exact) mass is 456 g/mol. The lowest BCUT2D eigenvalue weighted by Gasteiger charge is -2.16. The van der Waals surface area contributed by atoms with Crippen LogP contribution in [0.25, 0.3) is 16.7 Å². The van der Waals surface area contributed by atoms with Crippen molar-refractivity contribution >= 4 is 17.3 Å². The highest BCUT2D eigenvalue weighted by molar-refractivity contribution is 6.34.